The molecule has 0 radical (unpaired) electrons. The molecule has 1 heterocycles. The molecule has 0 aliphatic heterocycles. The van der Waals surface area contributed by atoms with Crippen molar-refractivity contribution in [2.45, 2.75) is 13.5 Å². The number of hydrogen-bond acceptors (Lipinski definition) is 2. The molecule has 0 atom stereocenters. The van der Waals surface area contributed by atoms with Crippen LogP contribution in [0.5, 0.6) is 0 Å². The van der Waals surface area contributed by atoms with E-state index in [-0.39, 0.29) is 5.56 Å². The third kappa shape index (κ3) is 1.36. The van der Waals surface area contributed by atoms with E-state index in [1.807, 2.05) is 29.5 Å². The van der Waals surface area contributed by atoms with E-state index in [1.165, 1.54) is 0 Å². The minimum Gasteiger partial charge on any atom is -0.312 e. The summed E-state index contributed by atoms with van der Waals surface area (Å²) in [6, 6.07) is 0. The lowest BCUT2D eigenvalue weighted by atomic mass is 10.6. The maximum Gasteiger partial charge on any atom is 0.282 e. The summed E-state index contributed by atoms with van der Waals surface area (Å²) >= 11 is 1.93. The van der Waals surface area contributed by atoms with Gasteiger partial charge < -0.3 is 4.57 Å². The van der Waals surface area contributed by atoms with Crippen molar-refractivity contribution in [2.75, 3.05) is 0 Å². The minimum atomic E-state index is -0.00870. The van der Waals surface area contributed by atoms with Gasteiger partial charge in [-0.1, -0.05) is 0 Å². The average Bonchev–Trinajstić information content (AvgIpc) is 1.95. The highest BCUT2D eigenvalue weighted by Gasteiger charge is 1.96. The van der Waals surface area contributed by atoms with E-state index in [0.717, 1.165) is 0 Å². The van der Waals surface area contributed by atoms with Gasteiger partial charge in [-0.05, 0) is 29.5 Å². The van der Waals surface area contributed by atoms with Crippen LogP contribution in [0.3, 0.4) is 0 Å². The molecule has 0 fully saturated rings. The zero-order valence-electron chi connectivity index (χ0n) is 5.54. The van der Waals surface area contributed by atoms with E-state index in [0.29, 0.717) is 10.2 Å². The molecule has 0 aromatic carbocycles. The molecule has 0 N–H and O–H groups in total. The highest BCUT2D eigenvalue weighted by Crippen LogP contribution is 1.89. The van der Waals surface area contributed by atoms with Gasteiger partial charge in [0.05, 0.1) is 0 Å². The number of aromatic nitrogens is 2. The lowest BCUT2D eigenvalue weighted by molar-refractivity contribution is 0.711. The van der Waals surface area contributed by atoms with Gasteiger partial charge in [-0.2, -0.15) is 0 Å². The molecule has 1 rings (SSSR count). The fourth-order valence-corrected chi connectivity index (χ4v) is 1.14. The first kappa shape index (κ1) is 7.71. The van der Waals surface area contributed by atoms with Gasteiger partial charge in [0, 0.05) is 18.9 Å². The second-order valence-electron chi connectivity index (χ2n) is 1.81. The summed E-state index contributed by atoms with van der Waals surface area (Å²) in [7, 11) is 0. The fourth-order valence-electron chi connectivity index (χ4n) is 0.670. The Morgan fingerprint density at radius 1 is 1.80 bits per heavy atom. The van der Waals surface area contributed by atoms with Crippen molar-refractivity contribution in [1.82, 2.24) is 9.55 Å². The Labute approximate surface area is 72.2 Å². The molecule has 0 saturated carbocycles. The highest BCUT2D eigenvalue weighted by atomic mass is 127. The van der Waals surface area contributed by atoms with Crippen LogP contribution in [-0.2, 0) is 6.54 Å². The Balaban J connectivity index is 3.28. The van der Waals surface area contributed by atoms with Crippen molar-refractivity contribution in [3.8, 4) is 0 Å². The predicted octanol–water partition coefficient (Wildman–Crippen LogP) is 0.868. The van der Waals surface area contributed by atoms with Crippen LogP contribution >= 0.6 is 22.6 Å². The third-order valence-corrected chi connectivity index (χ3v) is 1.95. The summed E-state index contributed by atoms with van der Waals surface area (Å²) in [5.41, 5.74) is -0.00870. The van der Waals surface area contributed by atoms with Crippen LogP contribution in [0.15, 0.2) is 17.2 Å². The molecular weight excluding hydrogens is 243 g/mol. The Bertz CT molecular complexity index is 281. The molecule has 0 amide bonds. The first-order valence-electron chi connectivity index (χ1n) is 2.96. The predicted molar refractivity (Wildman–Crippen MR) is 46.9 cm³/mol. The van der Waals surface area contributed by atoms with Gasteiger partial charge in [0.1, 0.15) is 0 Å². The van der Waals surface area contributed by atoms with Crippen LogP contribution in [0.25, 0.3) is 0 Å². The minimum absolute atomic E-state index is 0.00870. The number of nitrogens with zero attached hydrogens (tertiary/aromatic N) is 2. The van der Waals surface area contributed by atoms with Crippen molar-refractivity contribution in [3.05, 3.63) is 26.4 Å². The first-order valence-corrected chi connectivity index (χ1v) is 4.04. The van der Waals surface area contributed by atoms with Crippen molar-refractivity contribution >= 4 is 22.6 Å². The second kappa shape index (κ2) is 3.14. The van der Waals surface area contributed by atoms with Crippen molar-refractivity contribution in [3.63, 3.8) is 0 Å². The lowest BCUT2D eigenvalue weighted by Gasteiger charge is -1.98. The molecule has 4 heteroatoms. The Hall–Kier alpha value is -0.390. The summed E-state index contributed by atoms with van der Waals surface area (Å²) in [6.45, 7) is 2.63. The molecule has 0 aliphatic rings. The van der Waals surface area contributed by atoms with E-state index < -0.39 is 0 Å². The van der Waals surface area contributed by atoms with E-state index in [1.54, 1.807) is 17.0 Å². The molecule has 10 heavy (non-hydrogen) atoms. The van der Waals surface area contributed by atoms with E-state index in [9.17, 15) is 4.79 Å². The van der Waals surface area contributed by atoms with E-state index >= 15 is 0 Å². The summed E-state index contributed by atoms with van der Waals surface area (Å²) < 4.78 is 2.15. The molecule has 1 aromatic rings. The maximum atomic E-state index is 11.1. The fraction of sp³-hybridized carbons (Fsp3) is 0.333. The van der Waals surface area contributed by atoms with Gasteiger partial charge in [0.25, 0.3) is 5.56 Å². The van der Waals surface area contributed by atoms with Gasteiger partial charge in [0.15, 0.2) is 3.70 Å². The Morgan fingerprint density at radius 3 is 3.00 bits per heavy atom. The summed E-state index contributed by atoms with van der Waals surface area (Å²) in [6.07, 6.45) is 3.32. The normalized spacial score (nSPS) is 9.80. The SMILES string of the molecule is CCn1ccnc(I)c1=O. The van der Waals surface area contributed by atoms with Gasteiger partial charge in [-0.25, -0.2) is 4.98 Å². The number of aryl methyl sites for hydroxylation is 1. The molecule has 0 spiro atoms. The maximum absolute atomic E-state index is 11.1. The molecule has 0 saturated heterocycles. The summed E-state index contributed by atoms with van der Waals surface area (Å²) in [5, 5.41) is 0. The van der Waals surface area contributed by atoms with Crippen LogP contribution in [0.4, 0.5) is 0 Å². The highest BCUT2D eigenvalue weighted by molar-refractivity contribution is 14.1. The van der Waals surface area contributed by atoms with Crippen LogP contribution < -0.4 is 5.56 Å². The number of halogens is 1. The average molecular weight is 250 g/mol. The first-order chi connectivity index (χ1) is 4.75. The smallest absolute Gasteiger partial charge is 0.282 e. The number of hydrogen-bond donors (Lipinski definition) is 0. The van der Waals surface area contributed by atoms with Crippen LogP contribution in [-0.4, -0.2) is 9.55 Å². The summed E-state index contributed by atoms with van der Waals surface area (Å²) in [4.78, 5) is 14.9. The molecular formula is C6H7IN2O. The lowest BCUT2D eigenvalue weighted by Crippen LogP contribution is -2.21. The second-order valence-corrected chi connectivity index (χ2v) is 2.83. The molecule has 0 bridgehead atoms. The molecule has 54 valence electrons. The molecule has 0 unspecified atom stereocenters. The zero-order chi connectivity index (χ0) is 7.56. The molecule has 1 aromatic heterocycles. The Morgan fingerprint density at radius 2 is 2.50 bits per heavy atom. The van der Waals surface area contributed by atoms with Gasteiger partial charge in [0.2, 0.25) is 0 Å². The standard InChI is InChI=1S/C6H7IN2O/c1-2-9-4-3-8-5(7)6(9)10/h3-4H,2H2,1H3. The molecule has 3 nitrogen and oxygen atoms in total. The number of rotatable bonds is 1. The molecule has 0 aliphatic carbocycles. The van der Waals surface area contributed by atoms with Crippen molar-refractivity contribution < 1.29 is 0 Å². The van der Waals surface area contributed by atoms with Gasteiger partial charge in [-0.3, -0.25) is 4.79 Å². The third-order valence-electron chi connectivity index (χ3n) is 1.21. The topological polar surface area (TPSA) is 34.9 Å². The van der Waals surface area contributed by atoms with Crippen molar-refractivity contribution in [1.29, 1.82) is 0 Å². The van der Waals surface area contributed by atoms with Crippen molar-refractivity contribution in [2.24, 2.45) is 0 Å². The van der Waals surface area contributed by atoms with E-state index in [2.05, 4.69) is 4.98 Å². The van der Waals surface area contributed by atoms with Crippen LogP contribution in [0.1, 0.15) is 6.92 Å². The quantitative estimate of drug-likeness (QED) is 0.693. The van der Waals surface area contributed by atoms with Gasteiger partial charge >= 0.3 is 0 Å². The van der Waals surface area contributed by atoms with Crippen LogP contribution in [0, 0.1) is 3.70 Å². The van der Waals surface area contributed by atoms with Crippen LogP contribution in [0.2, 0.25) is 0 Å². The Kier molecular flexibility index (Phi) is 2.42. The largest absolute Gasteiger partial charge is 0.312 e. The summed E-state index contributed by atoms with van der Waals surface area (Å²) in [5.74, 6) is 0. The zero-order valence-corrected chi connectivity index (χ0v) is 7.70. The van der Waals surface area contributed by atoms with Gasteiger partial charge in [-0.15, -0.1) is 0 Å². The van der Waals surface area contributed by atoms with E-state index in [4.69, 9.17) is 0 Å². The monoisotopic (exact) mass is 250 g/mol.